The fourth-order valence-corrected chi connectivity index (χ4v) is 3.90. The van der Waals surface area contributed by atoms with E-state index in [-0.39, 0.29) is 6.10 Å². The van der Waals surface area contributed by atoms with Crippen molar-refractivity contribution in [3.63, 3.8) is 0 Å². The van der Waals surface area contributed by atoms with E-state index in [4.69, 9.17) is 9.73 Å². The number of hydrogen-bond donors (Lipinski definition) is 2. The summed E-state index contributed by atoms with van der Waals surface area (Å²) in [7, 11) is 1.96. The third-order valence-corrected chi connectivity index (χ3v) is 5.87. The van der Waals surface area contributed by atoms with Gasteiger partial charge in [0.15, 0.2) is 11.8 Å². The van der Waals surface area contributed by atoms with E-state index in [0.29, 0.717) is 12.3 Å². The maximum Gasteiger partial charge on any atom is 0.194 e. The summed E-state index contributed by atoms with van der Waals surface area (Å²) in [4.78, 5) is 9.34. The third-order valence-electron chi connectivity index (χ3n) is 5.87. The Balaban J connectivity index is 1.43. The van der Waals surface area contributed by atoms with Crippen molar-refractivity contribution in [1.82, 2.24) is 25.0 Å². The molecule has 3 heterocycles. The van der Waals surface area contributed by atoms with Crippen LogP contribution in [-0.2, 0) is 18.3 Å². The fraction of sp³-hybridized carbons (Fsp3) is 0.571. The van der Waals surface area contributed by atoms with Crippen LogP contribution >= 0.6 is 0 Å². The monoisotopic (exact) mass is 413 g/mol. The van der Waals surface area contributed by atoms with Crippen molar-refractivity contribution < 1.29 is 9.84 Å². The zero-order valence-electron chi connectivity index (χ0n) is 17.8. The Morgan fingerprint density at radius 1 is 1.23 bits per heavy atom. The number of aliphatic imine (C=N–C) groups is 1. The smallest absolute Gasteiger partial charge is 0.194 e. The molecule has 2 fully saturated rings. The molecule has 162 valence electrons. The standard InChI is InChI=1S/C21H31N7O2/c1-16-24-25-20(26(16)2)15-23-21(22-14-17-6-5-13-30-17)28-11-9-27(10-12-28)18-7-3-4-8-19(18)29/h3-4,7-8,17,29H,5-6,9-15H2,1-2H3,(H,22,23). The van der Waals surface area contributed by atoms with Crippen LogP contribution in [0.25, 0.3) is 0 Å². The van der Waals surface area contributed by atoms with Crippen LogP contribution in [0.3, 0.4) is 0 Å². The number of para-hydroxylation sites is 2. The maximum absolute atomic E-state index is 10.2. The lowest BCUT2D eigenvalue weighted by Gasteiger charge is -2.38. The van der Waals surface area contributed by atoms with Crippen LogP contribution in [0.4, 0.5) is 5.69 Å². The molecule has 2 aliphatic heterocycles. The Hall–Kier alpha value is -2.81. The summed E-state index contributed by atoms with van der Waals surface area (Å²) in [5, 5.41) is 22.0. The average molecular weight is 414 g/mol. The van der Waals surface area contributed by atoms with Gasteiger partial charge in [0.25, 0.3) is 0 Å². The molecule has 9 heteroatoms. The molecule has 2 N–H and O–H groups in total. The van der Waals surface area contributed by atoms with Gasteiger partial charge < -0.3 is 29.5 Å². The third kappa shape index (κ3) is 4.67. The molecular weight excluding hydrogens is 382 g/mol. The molecule has 2 aromatic rings. The minimum atomic E-state index is 0.245. The van der Waals surface area contributed by atoms with E-state index in [1.165, 1.54) is 0 Å². The van der Waals surface area contributed by atoms with E-state index in [1.807, 2.05) is 36.7 Å². The molecule has 1 aromatic carbocycles. The number of nitrogens with one attached hydrogen (secondary N) is 1. The van der Waals surface area contributed by atoms with Crippen LogP contribution in [0.5, 0.6) is 5.75 Å². The fourth-order valence-electron chi connectivity index (χ4n) is 3.90. The highest BCUT2D eigenvalue weighted by atomic mass is 16.5. The van der Waals surface area contributed by atoms with Gasteiger partial charge in [-0.2, -0.15) is 0 Å². The van der Waals surface area contributed by atoms with Gasteiger partial charge in [0.1, 0.15) is 18.1 Å². The molecule has 0 saturated carbocycles. The van der Waals surface area contributed by atoms with Gasteiger partial charge in [-0.25, -0.2) is 4.99 Å². The van der Waals surface area contributed by atoms with Crippen molar-refractivity contribution in [2.75, 3.05) is 44.2 Å². The van der Waals surface area contributed by atoms with Gasteiger partial charge in [0, 0.05) is 46.4 Å². The number of ether oxygens (including phenoxy) is 1. The molecule has 2 saturated heterocycles. The zero-order valence-corrected chi connectivity index (χ0v) is 17.8. The zero-order chi connectivity index (χ0) is 20.9. The summed E-state index contributed by atoms with van der Waals surface area (Å²) in [6.07, 6.45) is 2.45. The summed E-state index contributed by atoms with van der Waals surface area (Å²) in [5.74, 6) is 2.93. The minimum absolute atomic E-state index is 0.245. The highest BCUT2D eigenvalue weighted by Crippen LogP contribution is 2.27. The molecule has 0 radical (unpaired) electrons. The number of piperazine rings is 1. The van der Waals surface area contributed by atoms with Gasteiger partial charge >= 0.3 is 0 Å². The van der Waals surface area contributed by atoms with Crippen LogP contribution in [0.1, 0.15) is 24.5 Å². The lowest BCUT2D eigenvalue weighted by molar-refractivity contribution is 0.113. The molecule has 1 atom stereocenters. The second-order valence-corrected chi connectivity index (χ2v) is 7.84. The summed E-state index contributed by atoms with van der Waals surface area (Å²) in [5.41, 5.74) is 0.887. The first-order chi connectivity index (χ1) is 14.6. The molecule has 2 aliphatic rings. The van der Waals surface area contributed by atoms with Crippen molar-refractivity contribution in [3.8, 4) is 5.75 Å². The van der Waals surface area contributed by atoms with Crippen LogP contribution in [-0.4, -0.2) is 76.2 Å². The minimum Gasteiger partial charge on any atom is -0.506 e. The highest BCUT2D eigenvalue weighted by molar-refractivity contribution is 5.80. The maximum atomic E-state index is 10.2. The number of aromatic hydroxyl groups is 1. The van der Waals surface area contributed by atoms with Gasteiger partial charge in [-0.3, -0.25) is 0 Å². The second-order valence-electron chi connectivity index (χ2n) is 7.84. The SMILES string of the molecule is Cc1nnc(CN=C(NCC2CCCO2)N2CCN(c3ccccc3O)CC2)n1C. The number of phenols is 1. The largest absolute Gasteiger partial charge is 0.506 e. The van der Waals surface area contributed by atoms with Crippen LogP contribution in [0.15, 0.2) is 29.3 Å². The quantitative estimate of drug-likeness (QED) is 0.564. The van der Waals surface area contributed by atoms with Crippen LogP contribution in [0.2, 0.25) is 0 Å². The topological polar surface area (TPSA) is 91.0 Å². The van der Waals surface area contributed by atoms with Gasteiger partial charge in [0.05, 0.1) is 11.8 Å². The van der Waals surface area contributed by atoms with Gasteiger partial charge in [0.2, 0.25) is 0 Å². The van der Waals surface area contributed by atoms with E-state index < -0.39 is 0 Å². The predicted molar refractivity (Wildman–Crippen MR) is 116 cm³/mol. The first-order valence-electron chi connectivity index (χ1n) is 10.6. The molecule has 1 aromatic heterocycles. The summed E-state index contributed by atoms with van der Waals surface area (Å²) in [6.45, 7) is 7.31. The van der Waals surface area contributed by atoms with Crippen LogP contribution < -0.4 is 10.2 Å². The van der Waals surface area contributed by atoms with E-state index in [2.05, 4.69) is 25.3 Å². The van der Waals surface area contributed by atoms with Crippen LogP contribution in [0, 0.1) is 6.92 Å². The first-order valence-corrected chi connectivity index (χ1v) is 10.6. The first kappa shape index (κ1) is 20.5. The number of benzene rings is 1. The second kappa shape index (κ2) is 9.34. The average Bonchev–Trinajstić information content (AvgIpc) is 3.40. The number of phenolic OH excluding ortho intramolecular Hbond substituents is 1. The van der Waals surface area contributed by atoms with Gasteiger partial charge in [-0.05, 0) is 31.9 Å². The normalized spacial score (nSPS) is 20.1. The Bertz CT molecular complexity index is 868. The molecule has 30 heavy (non-hydrogen) atoms. The molecular formula is C21H31N7O2. The molecule has 1 unspecified atom stereocenters. The number of aryl methyl sites for hydroxylation is 1. The molecule has 0 amide bonds. The molecule has 0 bridgehead atoms. The van der Waals surface area contributed by atoms with Crippen molar-refractivity contribution >= 4 is 11.6 Å². The Labute approximate surface area is 177 Å². The van der Waals surface area contributed by atoms with E-state index >= 15 is 0 Å². The number of hydrogen-bond acceptors (Lipinski definition) is 6. The Morgan fingerprint density at radius 3 is 2.70 bits per heavy atom. The Morgan fingerprint density at radius 2 is 2.03 bits per heavy atom. The number of rotatable bonds is 5. The number of anilines is 1. The summed E-state index contributed by atoms with van der Waals surface area (Å²) in [6, 6.07) is 7.51. The number of nitrogens with zero attached hydrogens (tertiary/aromatic N) is 6. The lowest BCUT2D eigenvalue weighted by atomic mass is 10.2. The number of guanidine groups is 1. The summed E-state index contributed by atoms with van der Waals surface area (Å²) >= 11 is 0. The van der Waals surface area contributed by atoms with Gasteiger partial charge in [-0.1, -0.05) is 12.1 Å². The van der Waals surface area contributed by atoms with E-state index in [0.717, 1.165) is 75.5 Å². The van der Waals surface area contributed by atoms with Gasteiger partial charge in [-0.15, -0.1) is 10.2 Å². The molecule has 9 nitrogen and oxygen atoms in total. The van der Waals surface area contributed by atoms with E-state index in [9.17, 15) is 5.11 Å². The molecule has 0 aliphatic carbocycles. The van der Waals surface area contributed by atoms with Crippen molar-refractivity contribution in [2.24, 2.45) is 12.0 Å². The molecule has 0 spiro atoms. The highest BCUT2D eigenvalue weighted by Gasteiger charge is 2.23. The lowest BCUT2D eigenvalue weighted by Crippen LogP contribution is -2.53. The Kier molecular flexibility index (Phi) is 6.37. The van der Waals surface area contributed by atoms with Crippen molar-refractivity contribution in [3.05, 3.63) is 35.9 Å². The molecule has 4 rings (SSSR count). The van der Waals surface area contributed by atoms with Crippen molar-refractivity contribution in [2.45, 2.75) is 32.4 Å². The van der Waals surface area contributed by atoms with Crippen molar-refractivity contribution in [1.29, 1.82) is 0 Å². The summed E-state index contributed by atoms with van der Waals surface area (Å²) < 4.78 is 7.74. The number of aromatic nitrogens is 3. The predicted octanol–water partition coefficient (Wildman–Crippen LogP) is 1.28. The van der Waals surface area contributed by atoms with E-state index in [1.54, 1.807) is 6.07 Å².